The van der Waals surface area contributed by atoms with Crippen LogP contribution in [0.2, 0.25) is 5.02 Å². The zero-order valence-electron chi connectivity index (χ0n) is 13.3. The number of carbonyl (C=O) groups excluding carboxylic acids is 2. The maximum Gasteiger partial charge on any atom is 0.319 e. The van der Waals surface area contributed by atoms with Gasteiger partial charge in [-0.05, 0) is 50.3 Å². The van der Waals surface area contributed by atoms with E-state index in [1.807, 2.05) is 24.0 Å². The fourth-order valence-corrected chi connectivity index (χ4v) is 3.04. The summed E-state index contributed by atoms with van der Waals surface area (Å²) in [6.45, 7) is 3.39. The molecule has 3 amide bonds. The summed E-state index contributed by atoms with van der Waals surface area (Å²) in [7, 11) is 0. The summed E-state index contributed by atoms with van der Waals surface area (Å²) < 4.78 is 0. The molecule has 124 valence electrons. The Kier molecular flexibility index (Phi) is 4.76. The molecule has 0 atom stereocenters. The molecule has 2 aliphatic rings. The van der Waals surface area contributed by atoms with Gasteiger partial charge in [-0.2, -0.15) is 0 Å². The lowest BCUT2D eigenvalue weighted by atomic mass is 10.0. The van der Waals surface area contributed by atoms with Gasteiger partial charge in [0.25, 0.3) is 0 Å². The summed E-state index contributed by atoms with van der Waals surface area (Å²) in [4.78, 5) is 26.0. The number of urea groups is 1. The van der Waals surface area contributed by atoms with Crippen LogP contribution in [-0.4, -0.2) is 36.0 Å². The molecule has 1 aromatic carbocycles. The first-order chi connectivity index (χ1) is 11.0. The predicted octanol–water partition coefficient (Wildman–Crippen LogP) is 3.17. The number of likely N-dealkylation sites (tertiary alicyclic amines) is 1. The van der Waals surface area contributed by atoms with Gasteiger partial charge >= 0.3 is 6.03 Å². The molecule has 0 radical (unpaired) electrons. The van der Waals surface area contributed by atoms with Crippen molar-refractivity contribution in [2.24, 2.45) is 5.92 Å². The Balaban J connectivity index is 1.45. The van der Waals surface area contributed by atoms with Gasteiger partial charge in [-0.25, -0.2) is 4.79 Å². The quantitative estimate of drug-likeness (QED) is 0.891. The highest BCUT2D eigenvalue weighted by atomic mass is 35.5. The van der Waals surface area contributed by atoms with E-state index >= 15 is 0 Å². The second-order valence-electron chi connectivity index (χ2n) is 6.44. The third-order valence-electron chi connectivity index (χ3n) is 4.50. The zero-order chi connectivity index (χ0) is 16.4. The van der Waals surface area contributed by atoms with Crippen molar-refractivity contribution >= 4 is 29.2 Å². The van der Waals surface area contributed by atoms with Gasteiger partial charge in [0, 0.05) is 35.8 Å². The minimum atomic E-state index is -0.225. The molecule has 2 N–H and O–H groups in total. The molecule has 1 saturated carbocycles. The molecule has 1 heterocycles. The molecule has 1 saturated heterocycles. The molecule has 6 heteroatoms. The Bertz CT molecular complexity index is 608. The van der Waals surface area contributed by atoms with Crippen LogP contribution in [0.5, 0.6) is 0 Å². The van der Waals surface area contributed by atoms with Crippen molar-refractivity contribution in [1.29, 1.82) is 0 Å². The van der Waals surface area contributed by atoms with Gasteiger partial charge in [0.15, 0.2) is 0 Å². The normalized spacial score (nSPS) is 18.6. The van der Waals surface area contributed by atoms with Crippen molar-refractivity contribution in [3.05, 3.63) is 28.8 Å². The lowest BCUT2D eigenvalue weighted by molar-refractivity contribution is -0.133. The molecule has 5 nitrogen and oxygen atoms in total. The number of piperidine rings is 1. The lowest BCUT2D eigenvalue weighted by Crippen LogP contribution is -2.47. The smallest absolute Gasteiger partial charge is 0.319 e. The van der Waals surface area contributed by atoms with Crippen LogP contribution in [0.3, 0.4) is 0 Å². The first kappa shape index (κ1) is 16.1. The minimum Gasteiger partial charge on any atom is -0.342 e. The fourth-order valence-electron chi connectivity index (χ4n) is 2.86. The minimum absolute atomic E-state index is 0.110. The monoisotopic (exact) mass is 335 g/mol. The van der Waals surface area contributed by atoms with E-state index in [1.54, 1.807) is 6.07 Å². The summed E-state index contributed by atoms with van der Waals surface area (Å²) in [5.74, 6) is 0.566. The number of nitrogens with zero attached hydrogens (tertiary/aromatic N) is 1. The van der Waals surface area contributed by atoms with E-state index in [2.05, 4.69) is 10.6 Å². The second-order valence-corrected chi connectivity index (χ2v) is 6.84. The summed E-state index contributed by atoms with van der Waals surface area (Å²) in [5.41, 5.74) is 1.66. The van der Waals surface area contributed by atoms with E-state index in [1.165, 1.54) is 0 Å². The van der Waals surface area contributed by atoms with E-state index in [-0.39, 0.29) is 18.0 Å². The number of anilines is 1. The Morgan fingerprint density at radius 1 is 1.17 bits per heavy atom. The Morgan fingerprint density at radius 2 is 1.87 bits per heavy atom. The SMILES string of the molecule is Cc1ccc(NC(=O)NC2CCN(C(=O)C3CC3)CC2)cc1Cl. The largest absolute Gasteiger partial charge is 0.342 e. The summed E-state index contributed by atoms with van der Waals surface area (Å²) in [6.07, 6.45) is 3.69. The average molecular weight is 336 g/mol. The molecule has 0 spiro atoms. The van der Waals surface area contributed by atoms with Crippen LogP contribution >= 0.6 is 11.6 Å². The van der Waals surface area contributed by atoms with Gasteiger partial charge in [-0.15, -0.1) is 0 Å². The number of carbonyl (C=O) groups is 2. The maximum absolute atomic E-state index is 12.1. The molecular weight excluding hydrogens is 314 g/mol. The standard InChI is InChI=1S/C17H22ClN3O2/c1-11-2-5-14(10-15(11)18)20-17(23)19-13-6-8-21(9-7-13)16(22)12-3-4-12/h2,5,10,12-13H,3-4,6-9H2,1H3,(H2,19,20,23). The number of benzene rings is 1. The van der Waals surface area contributed by atoms with Gasteiger partial charge in [0.1, 0.15) is 0 Å². The number of amides is 3. The van der Waals surface area contributed by atoms with Crippen molar-refractivity contribution in [2.75, 3.05) is 18.4 Å². The number of hydrogen-bond donors (Lipinski definition) is 2. The van der Waals surface area contributed by atoms with Gasteiger partial charge in [0.05, 0.1) is 0 Å². The number of hydrogen-bond acceptors (Lipinski definition) is 2. The van der Waals surface area contributed by atoms with Crippen LogP contribution in [0.15, 0.2) is 18.2 Å². The molecular formula is C17H22ClN3O2. The van der Waals surface area contributed by atoms with Crippen molar-refractivity contribution in [1.82, 2.24) is 10.2 Å². The maximum atomic E-state index is 12.1. The third-order valence-corrected chi connectivity index (χ3v) is 4.91. The zero-order valence-corrected chi connectivity index (χ0v) is 14.0. The number of halogens is 1. The predicted molar refractivity (Wildman–Crippen MR) is 90.7 cm³/mol. The first-order valence-corrected chi connectivity index (χ1v) is 8.53. The molecule has 23 heavy (non-hydrogen) atoms. The number of nitrogens with one attached hydrogen (secondary N) is 2. The van der Waals surface area contributed by atoms with Gasteiger partial charge in [0.2, 0.25) is 5.91 Å². The Hall–Kier alpha value is -1.75. The van der Waals surface area contributed by atoms with Crippen LogP contribution in [0.1, 0.15) is 31.2 Å². The van der Waals surface area contributed by atoms with Gasteiger partial charge < -0.3 is 15.5 Å². The molecule has 0 aromatic heterocycles. The average Bonchev–Trinajstić information content (AvgIpc) is 3.36. The van der Waals surface area contributed by atoms with Crippen molar-refractivity contribution in [2.45, 2.75) is 38.6 Å². The van der Waals surface area contributed by atoms with E-state index in [0.29, 0.717) is 16.6 Å². The van der Waals surface area contributed by atoms with Crippen LogP contribution in [0.4, 0.5) is 10.5 Å². The van der Waals surface area contributed by atoms with E-state index < -0.39 is 0 Å². The lowest BCUT2D eigenvalue weighted by Gasteiger charge is -2.32. The van der Waals surface area contributed by atoms with E-state index in [9.17, 15) is 9.59 Å². The van der Waals surface area contributed by atoms with Crippen LogP contribution in [0.25, 0.3) is 0 Å². The first-order valence-electron chi connectivity index (χ1n) is 8.15. The fraction of sp³-hybridized carbons (Fsp3) is 0.529. The van der Waals surface area contributed by atoms with Crippen molar-refractivity contribution < 1.29 is 9.59 Å². The molecule has 1 aliphatic heterocycles. The molecule has 1 aromatic rings. The highest BCUT2D eigenvalue weighted by Crippen LogP contribution is 2.31. The van der Waals surface area contributed by atoms with Crippen molar-refractivity contribution in [3.63, 3.8) is 0 Å². The molecule has 0 bridgehead atoms. The number of rotatable bonds is 3. The highest BCUT2D eigenvalue weighted by Gasteiger charge is 2.35. The van der Waals surface area contributed by atoms with Crippen LogP contribution < -0.4 is 10.6 Å². The van der Waals surface area contributed by atoms with E-state index in [0.717, 1.165) is 44.3 Å². The summed E-state index contributed by atoms with van der Waals surface area (Å²) in [5, 5.41) is 6.41. The van der Waals surface area contributed by atoms with Gasteiger partial charge in [-0.3, -0.25) is 4.79 Å². The second kappa shape index (κ2) is 6.79. The van der Waals surface area contributed by atoms with Gasteiger partial charge in [-0.1, -0.05) is 17.7 Å². The Labute approximate surface area is 141 Å². The summed E-state index contributed by atoms with van der Waals surface area (Å²) in [6, 6.07) is 5.33. The van der Waals surface area contributed by atoms with Crippen LogP contribution in [0, 0.1) is 12.8 Å². The van der Waals surface area contributed by atoms with Crippen LogP contribution in [-0.2, 0) is 4.79 Å². The van der Waals surface area contributed by atoms with E-state index in [4.69, 9.17) is 11.6 Å². The van der Waals surface area contributed by atoms with Crippen molar-refractivity contribution in [3.8, 4) is 0 Å². The molecule has 3 rings (SSSR count). The molecule has 1 aliphatic carbocycles. The third kappa shape index (κ3) is 4.16. The molecule has 0 unspecified atom stereocenters. The Morgan fingerprint density at radius 3 is 2.48 bits per heavy atom. The number of aryl methyl sites for hydroxylation is 1. The summed E-state index contributed by atoms with van der Waals surface area (Å²) >= 11 is 6.06. The highest BCUT2D eigenvalue weighted by molar-refractivity contribution is 6.31. The topological polar surface area (TPSA) is 61.4 Å². The molecule has 2 fully saturated rings.